The van der Waals surface area contributed by atoms with E-state index in [-0.39, 0.29) is 28.8 Å². The van der Waals surface area contributed by atoms with Gasteiger partial charge in [-0.25, -0.2) is 17.8 Å². The van der Waals surface area contributed by atoms with E-state index in [1.807, 2.05) is 0 Å². The summed E-state index contributed by atoms with van der Waals surface area (Å²) in [7, 11) is -3.11. The van der Waals surface area contributed by atoms with Gasteiger partial charge in [-0.15, -0.1) is 0 Å². The molecule has 1 amide bonds. The number of nitrogens with zero attached hydrogens (tertiary/aromatic N) is 4. The van der Waals surface area contributed by atoms with Gasteiger partial charge in [-0.05, 0) is 25.8 Å². The third kappa shape index (κ3) is 4.45. The number of anilines is 1. The molecule has 0 unspecified atom stereocenters. The normalized spacial score (nSPS) is 17.6. The molecular formula is C22H27N5O4S. The molecule has 1 aliphatic heterocycles. The van der Waals surface area contributed by atoms with Gasteiger partial charge in [0.05, 0.1) is 28.6 Å². The first kappa shape index (κ1) is 22.2. The van der Waals surface area contributed by atoms with Crippen LogP contribution in [0.2, 0.25) is 0 Å². The zero-order valence-electron chi connectivity index (χ0n) is 18.2. The number of carbonyl (C=O) groups is 1. The first-order chi connectivity index (χ1) is 15.3. The van der Waals surface area contributed by atoms with Crippen LogP contribution in [0.5, 0.6) is 0 Å². The number of aromatic nitrogens is 4. The maximum atomic E-state index is 13.3. The molecule has 1 N–H and O–H groups in total. The van der Waals surface area contributed by atoms with Crippen LogP contribution in [0.25, 0.3) is 10.8 Å². The van der Waals surface area contributed by atoms with Crippen molar-refractivity contribution in [1.29, 1.82) is 0 Å². The topological polar surface area (TPSA) is 116 Å². The van der Waals surface area contributed by atoms with E-state index in [0.29, 0.717) is 35.2 Å². The molecule has 9 nitrogen and oxygen atoms in total. The molecule has 0 saturated carbocycles. The first-order valence-electron chi connectivity index (χ1n) is 10.9. The smallest absolute Gasteiger partial charge is 0.277 e. The van der Waals surface area contributed by atoms with E-state index in [9.17, 15) is 18.0 Å². The summed E-state index contributed by atoms with van der Waals surface area (Å²) < 4.78 is 26.8. The lowest BCUT2D eigenvalue weighted by atomic mass is 10.1. The second kappa shape index (κ2) is 8.85. The molecule has 4 rings (SSSR count). The highest BCUT2D eigenvalue weighted by atomic mass is 32.2. The zero-order valence-corrected chi connectivity index (χ0v) is 19.1. The number of carbonyl (C=O) groups excluding carboxylic acids is 1. The van der Waals surface area contributed by atoms with Gasteiger partial charge in [0.15, 0.2) is 15.5 Å². The molecule has 0 radical (unpaired) electrons. The van der Waals surface area contributed by atoms with Gasteiger partial charge in [0.25, 0.3) is 11.5 Å². The molecule has 0 spiro atoms. The minimum atomic E-state index is -3.11. The average molecular weight is 458 g/mol. The lowest BCUT2D eigenvalue weighted by Crippen LogP contribution is -2.28. The van der Waals surface area contributed by atoms with Crippen molar-refractivity contribution >= 4 is 32.3 Å². The second-order valence-corrected chi connectivity index (χ2v) is 10.5. The molecule has 1 atom stereocenters. The fourth-order valence-electron chi connectivity index (χ4n) is 4.10. The van der Waals surface area contributed by atoms with Crippen LogP contribution in [-0.2, 0) is 16.4 Å². The van der Waals surface area contributed by atoms with Crippen molar-refractivity contribution in [2.24, 2.45) is 0 Å². The number of nitrogens with one attached hydrogen (secondary N) is 1. The monoisotopic (exact) mass is 457 g/mol. The van der Waals surface area contributed by atoms with Gasteiger partial charge in [-0.2, -0.15) is 10.2 Å². The van der Waals surface area contributed by atoms with Crippen LogP contribution in [0, 0.1) is 6.92 Å². The molecule has 1 fully saturated rings. The molecule has 0 aliphatic carbocycles. The zero-order chi connectivity index (χ0) is 22.9. The maximum absolute atomic E-state index is 13.3. The molecular weight excluding hydrogens is 430 g/mol. The van der Waals surface area contributed by atoms with Crippen LogP contribution in [0.15, 0.2) is 35.1 Å². The van der Waals surface area contributed by atoms with Gasteiger partial charge in [-0.1, -0.05) is 38.0 Å². The summed E-state index contributed by atoms with van der Waals surface area (Å²) in [5.41, 5.74) is 0.610. The SMILES string of the molecule is CCCCCn1nc(C(=O)Nc2cc(C)nn2[C@H]2CCS(=O)(=O)C2)c2ccccc2c1=O. The molecule has 2 aromatic heterocycles. The second-order valence-electron chi connectivity index (χ2n) is 8.26. The van der Waals surface area contributed by atoms with E-state index in [0.717, 1.165) is 19.3 Å². The fourth-order valence-corrected chi connectivity index (χ4v) is 5.79. The molecule has 170 valence electrons. The number of hydrogen-bond donors (Lipinski definition) is 1. The summed E-state index contributed by atoms with van der Waals surface area (Å²) in [6.07, 6.45) is 3.22. The predicted octanol–water partition coefficient (Wildman–Crippen LogP) is 2.70. The minimum absolute atomic E-state index is 0.000475. The molecule has 3 heterocycles. The van der Waals surface area contributed by atoms with E-state index < -0.39 is 15.7 Å². The Kier molecular flexibility index (Phi) is 6.14. The Balaban J connectivity index is 1.69. The largest absolute Gasteiger partial charge is 0.305 e. The summed E-state index contributed by atoms with van der Waals surface area (Å²) >= 11 is 0. The summed E-state index contributed by atoms with van der Waals surface area (Å²) in [6.45, 7) is 4.31. The number of aryl methyl sites for hydroxylation is 2. The van der Waals surface area contributed by atoms with Crippen LogP contribution in [0.1, 0.15) is 54.8 Å². The molecule has 1 aliphatic rings. The summed E-state index contributed by atoms with van der Waals surface area (Å²) in [4.78, 5) is 26.1. The number of unbranched alkanes of at least 4 members (excludes halogenated alkanes) is 2. The number of sulfone groups is 1. The Morgan fingerprint density at radius 1 is 1.19 bits per heavy atom. The molecule has 1 saturated heterocycles. The summed E-state index contributed by atoms with van der Waals surface area (Å²) in [6, 6.07) is 8.32. The van der Waals surface area contributed by atoms with Gasteiger partial charge in [0, 0.05) is 18.0 Å². The predicted molar refractivity (Wildman–Crippen MR) is 123 cm³/mol. The van der Waals surface area contributed by atoms with Crippen molar-refractivity contribution in [2.45, 2.75) is 52.1 Å². The van der Waals surface area contributed by atoms with E-state index in [1.165, 1.54) is 4.68 Å². The van der Waals surface area contributed by atoms with Crippen LogP contribution in [0.3, 0.4) is 0 Å². The van der Waals surface area contributed by atoms with Crippen molar-refractivity contribution in [2.75, 3.05) is 16.8 Å². The van der Waals surface area contributed by atoms with Gasteiger partial charge in [0.2, 0.25) is 0 Å². The minimum Gasteiger partial charge on any atom is -0.305 e. The fraction of sp³-hybridized carbons (Fsp3) is 0.455. The standard InChI is InChI=1S/C22H27N5O4S/c1-3-4-7-11-26-22(29)18-9-6-5-8-17(18)20(25-26)21(28)23-19-13-15(2)24-27(19)16-10-12-32(30,31)14-16/h5-6,8-9,13,16H,3-4,7,10-12,14H2,1-2H3,(H,23,28)/t16-/m0/s1. The lowest BCUT2D eigenvalue weighted by molar-refractivity contribution is 0.102. The molecule has 10 heteroatoms. The van der Waals surface area contributed by atoms with Crippen molar-refractivity contribution < 1.29 is 13.2 Å². The van der Waals surface area contributed by atoms with Crippen molar-refractivity contribution in [3.05, 3.63) is 52.1 Å². The molecule has 0 bridgehead atoms. The van der Waals surface area contributed by atoms with Crippen LogP contribution >= 0.6 is 0 Å². The maximum Gasteiger partial charge on any atom is 0.277 e. The third-order valence-corrected chi connectivity index (χ3v) is 7.46. The Labute approximate surface area is 186 Å². The van der Waals surface area contributed by atoms with Gasteiger partial charge >= 0.3 is 0 Å². The first-order valence-corrected chi connectivity index (χ1v) is 12.7. The number of amides is 1. The summed E-state index contributed by atoms with van der Waals surface area (Å²) in [5.74, 6) is 0.0657. The van der Waals surface area contributed by atoms with Crippen LogP contribution < -0.4 is 10.9 Å². The van der Waals surface area contributed by atoms with Crippen molar-refractivity contribution in [3.8, 4) is 0 Å². The van der Waals surface area contributed by atoms with Gasteiger partial charge in [0.1, 0.15) is 5.82 Å². The van der Waals surface area contributed by atoms with E-state index in [4.69, 9.17) is 0 Å². The van der Waals surface area contributed by atoms with Crippen LogP contribution in [-0.4, -0.2) is 45.4 Å². The van der Waals surface area contributed by atoms with Crippen molar-refractivity contribution in [3.63, 3.8) is 0 Å². The summed E-state index contributed by atoms with van der Waals surface area (Å²) in [5, 5.41) is 12.6. The highest BCUT2D eigenvalue weighted by Gasteiger charge is 2.31. The molecule has 1 aromatic carbocycles. The average Bonchev–Trinajstić information content (AvgIpc) is 3.30. The Hall–Kier alpha value is -3.01. The highest BCUT2D eigenvalue weighted by molar-refractivity contribution is 7.91. The van der Waals surface area contributed by atoms with Gasteiger partial charge < -0.3 is 5.32 Å². The number of hydrogen-bond acceptors (Lipinski definition) is 6. The third-order valence-electron chi connectivity index (χ3n) is 5.71. The number of rotatable bonds is 7. The van der Waals surface area contributed by atoms with Crippen molar-refractivity contribution in [1.82, 2.24) is 19.6 Å². The lowest BCUT2D eigenvalue weighted by Gasteiger charge is -2.15. The van der Waals surface area contributed by atoms with Gasteiger partial charge in [-0.3, -0.25) is 9.59 Å². The Bertz CT molecular complexity index is 1330. The Morgan fingerprint density at radius 2 is 1.94 bits per heavy atom. The molecule has 32 heavy (non-hydrogen) atoms. The quantitative estimate of drug-likeness (QED) is 0.546. The highest BCUT2D eigenvalue weighted by Crippen LogP contribution is 2.27. The van der Waals surface area contributed by atoms with E-state index in [1.54, 1.807) is 41.9 Å². The number of benzene rings is 1. The molecule has 3 aromatic rings. The number of fused-ring (bicyclic) bond motifs is 1. The Morgan fingerprint density at radius 3 is 2.62 bits per heavy atom. The van der Waals surface area contributed by atoms with E-state index in [2.05, 4.69) is 22.4 Å². The van der Waals surface area contributed by atoms with Crippen LogP contribution in [0.4, 0.5) is 5.82 Å². The van der Waals surface area contributed by atoms with E-state index >= 15 is 0 Å².